The molecule has 0 bridgehead atoms. The second-order valence-electron chi connectivity index (χ2n) is 5.29. The van der Waals surface area contributed by atoms with Gasteiger partial charge in [-0.15, -0.1) is 0 Å². The van der Waals surface area contributed by atoms with Gasteiger partial charge in [0.1, 0.15) is 11.8 Å². The fourth-order valence-corrected chi connectivity index (χ4v) is 3.05. The van der Waals surface area contributed by atoms with Crippen molar-refractivity contribution in [2.45, 2.75) is 25.3 Å². The largest absolute Gasteiger partial charge is 0.496 e. The van der Waals surface area contributed by atoms with E-state index in [0.717, 1.165) is 22.9 Å². The number of esters is 1. The number of piperidine rings is 1. The van der Waals surface area contributed by atoms with Crippen molar-refractivity contribution in [1.82, 2.24) is 4.90 Å². The SMILES string of the molecule is COC(=O)C1CCCCN1C(=O)/C=C/c1cc(Br)ccc1OC. The first-order chi connectivity index (χ1) is 11.1. The van der Waals surface area contributed by atoms with Crippen LogP contribution in [0.15, 0.2) is 28.7 Å². The molecule has 0 aliphatic carbocycles. The molecule has 0 saturated carbocycles. The predicted molar refractivity (Wildman–Crippen MR) is 91.1 cm³/mol. The zero-order valence-corrected chi connectivity index (χ0v) is 14.8. The molecular weight excluding hydrogens is 362 g/mol. The molecule has 2 rings (SSSR count). The van der Waals surface area contributed by atoms with Crippen LogP contribution in [0.3, 0.4) is 0 Å². The maximum atomic E-state index is 12.5. The number of halogens is 1. The Bertz CT molecular complexity index is 615. The van der Waals surface area contributed by atoms with Gasteiger partial charge >= 0.3 is 5.97 Å². The van der Waals surface area contributed by atoms with Crippen LogP contribution >= 0.6 is 15.9 Å². The molecule has 6 heteroatoms. The number of likely N-dealkylation sites (tertiary alicyclic amines) is 1. The molecule has 1 atom stereocenters. The minimum Gasteiger partial charge on any atom is -0.496 e. The van der Waals surface area contributed by atoms with E-state index in [2.05, 4.69) is 15.9 Å². The lowest BCUT2D eigenvalue weighted by molar-refractivity contribution is -0.153. The van der Waals surface area contributed by atoms with E-state index in [1.807, 2.05) is 18.2 Å². The summed E-state index contributed by atoms with van der Waals surface area (Å²) in [5, 5.41) is 0. The predicted octanol–water partition coefficient (Wildman–Crippen LogP) is 3.03. The topological polar surface area (TPSA) is 55.8 Å². The molecule has 1 aliphatic heterocycles. The standard InChI is InChI=1S/C17H20BrNO4/c1-22-15-8-7-13(18)11-12(15)6-9-16(20)19-10-4-3-5-14(19)17(21)23-2/h6-9,11,14H,3-5,10H2,1-2H3/b9-6+. The van der Waals surface area contributed by atoms with E-state index >= 15 is 0 Å². The number of hydrogen-bond acceptors (Lipinski definition) is 4. The maximum absolute atomic E-state index is 12.5. The number of rotatable bonds is 4. The van der Waals surface area contributed by atoms with Gasteiger partial charge in [0.05, 0.1) is 14.2 Å². The zero-order valence-electron chi connectivity index (χ0n) is 13.3. The third-order valence-electron chi connectivity index (χ3n) is 3.86. The summed E-state index contributed by atoms with van der Waals surface area (Å²) in [6.45, 7) is 0.568. The highest BCUT2D eigenvalue weighted by Gasteiger charge is 2.31. The van der Waals surface area contributed by atoms with E-state index < -0.39 is 6.04 Å². The van der Waals surface area contributed by atoms with Crippen LogP contribution in [0, 0.1) is 0 Å². The Kier molecular flexibility index (Phi) is 6.21. The van der Waals surface area contributed by atoms with E-state index in [1.54, 1.807) is 18.1 Å². The molecule has 1 fully saturated rings. The zero-order chi connectivity index (χ0) is 16.8. The van der Waals surface area contributed by atoms with Crippen LogP contribution in [0.1, 0.15) is 24.8 Å². The summed E-state index contributed by atoms with van der Waals surface area (Å²) in [7, 11) is 2.93. The molecule has 23 heavy (non-hydrogen) atoms. The van der Waals surface area contributed by atoms with Crippen LogP contribution in [0.5, 0.6) is 5.75 Å². The van der Waals surface area contributed by atoms with Crippen LogP contribution in [0.4, 0.5) is 0 Å². The minimum atomic E-state index is -0.490. The Balaban J connectivity index is 2.16. The first kappa shape index (κ1) is 17.5. The lowest BCUT2D eigenvalue weighted by Gasteiger charge is -2.32. The molecule has 1 aromatic rings. The lowest BCUT2D eigenvalue weighted by atomic mass is 10.0. The van der Waals surface area contributed by atoms with E-state index in [4.69, 9.17) is 9.47 Å². The van der Waals surface area contributed by atoms with Crippen molar-refractivity contribution in [3.05, 3.63) is 34.3 Å². The molecule has 0 aromatic heterocycles. The molecule has 1 unspecified atom stereocenters. The Hall–Kier alpha value is -1.82. The van der Waals surface area contributed by atoms with Crippen LogP contribution in [-0.2, 0) is 14.3 Å². The van der Waals surface area contributed by atoms with Crippen LogP contribution in [-0.4, -0.2) is 43.6 Å². The number of hydrogen-bond donors (Lipinski definition) is 0. The first-order valence-corrected chi connectivity index (χ1v) is 8.26. The fourth-order valence-electron chi connectivity index (χ4n) is 2.67. The van der Waals surface area contributed by atoms with Gasteiger partial charge in [-0.05, 0) is 43.5 Å². The Morgan fingerprint density at radius 3 is 2.78 bits per heavy atom. The molecule has 0 radical (unpaired) electrons. The molecule has 1 aliphatic rings. The van der Waals surface area contributed by atoms with Gasteiger partial charge in [-0.2, -0.15) is 0 Å². The van der Waals surface area contributed by atoms with Gasteiger partial charge in [0.2, 0.25) is 5.91 Å². The average molecular weight is 382 g/mol. The van der Waals surface area contributed by atoms with Crippen molar-refractivity contribution in [3.63, 3.8) is 0 Å². The third-order valence-corrected chi connectivity index (χ3v) is 4.35. The van der Waals surface area contributed by atoms with Gasteiger partial charge in [0.25, 0.3) is 0 Å². The van der Waals surface area contributed by atoms with Crippen LogP contribution < -0.4 is 4.74 Å². The summed E-state index contributed by atoms with van der Waals surface area (Å²) < 4.78 is 11.0. The quantitative estimate of drug-likeness (QED) is 0.594. The summed E-state index contributed by atoms with van der Waals surface area (Å²) in [5.41, 5.74) is 0.793. The number of amides is 1. The van der Waals surface area contributed by atoms with Gasteiger partial charge in [0.15, 0.2) is 0 Å². The van der Waals surface area contributed by atoms with E-state index in [-0.39, 0.29) is 11.9 Å². The summed E-state index contributed by atoms with van der Waals surface area (Å²) in [5.74, 6) is 0.133. The van der Waals surface area contributed by atoms with Crippen LogP contribution in [0.25, 0.3) is 6.08 Å². The van der Waals surface area contributed by atoms with Crippen molar-refractivity contribution in [1.29, 1.82) is 0 Å². The van der Waals surface area contributed by atoms with Gasteiger partial charge in [-0.25, -0.2) is 4.79 Å². The molecule has 5 nitrogen and oxygen atoms in total. The molecule has 1 heterocycles. The second kappa shape index (κ2) is 8.15. The number of nitrogens with zero attached hydrogens (tertiary/aromatic N) is 1. The van der Waals surface area contributed by atoms with E-state index in [1.165, 1.54) is 13.2 Å². The van der Waals surface area contributed by atoms with Crippen molar-refractivity contribution in [2.75, 3.05) is 20.8 Å². The highest BCUT2D eigenvalue weighted by molar-refractivity contribution is 9.10. The minimum absolute atomic E-state index is 0.192. The lowest BCUT2D eigenvalue weighted by Crippen LogP contribution is -2.47. The Morgan fingerprint density at radius 2 is 2.09 bits per heavy atom. The number of carbonyl (C=O) groups excluding carboxylic acids is 2. The van der Waals surface area contributed by atoms with E-state index in [0.29, 0.717) is 18.7 Å². The highest BCUT2D eigenvalue weighted by Crippen LogP contribution is 2.25. The third kappa shape index (κ3) is 4.34. The number of carbonyl (C=O) groups is 2. The van der Waals surface area contributed by atoms with E-state index in [9.17, 15) is 9.59 Å². The second-order valence-corrected chi connectivity index (χ2v) is 6.20. The fraction of sp³-hybridized carbons (Fsp3) is 0.412. The molecule has 0 spiro atoms. The Morgan fingerprint density at radius 1 is 1.30 bits per heavy atom. The summed E-state index contributed by atoms with van der Waals surface area (Å²) >= 11 is 3.40. The molecule has 124 valence electrons. The molecule has 0 N–H and O–H groups in total. The van der Waals surface area contributed by atoms with Gasteiger partial charge in [-0.3, -0.25) is 4.79 Å². The highest BCUT2D eigenvalue weighted by atomic mass is 79.9. The summed E-state index contributed by atoms with van der Waals surface area (Å²) in [6, 6.07) is 5.08. The smallest absolute Gasteiger partial charge is 0.328 e. The van der Waals surface area contributed by atoms with Gasteiger partial charge in [0, 0.05) is 22.7 Å². The number of benzene rings is 1. The summed E-state index contributed by atoms with van der Waals surface area (Å²) in [4.78, 5) is 25.9. The van der Waals surface area contributed by atoms with Crippen molar-refractivity contribution < 1.29 is 19.1 Å². The summed E-state index contributed by atoms with van der Waals surface area (Å²) in [6.07, 6.45) is 5.65. The number of ether oxygens (including phenoxy) is 2. The maximum Gasteiger partial charge on any atom is 0.328 e. The molecular formula is C17H20BrNO4. The molecule has 1 saturated heterocycles. The van der Waals surface area contributed by atoms with Crippen molar-refractivity contribution >= 4 is 33.9 Å². The first-order valence-electron chi connectivity index (χ1n) is 7.47. The average Bonchev–Trinajstić information content (AvgIpc) is 2.59. The number of methoxy groups -OCH3 is 2. The van der Waals surface area contributed by atoms with Crippen molar-refractivity contribution in [2.24, 2.45) is 0 Å². The normalized spacial score (nSPS) is 18.0. The van der Waals surface area contributed by atoms with Gasteiger partial charge in [-0.1, -0.05) is 15.9 Å². The Labute approximate surface area is 144 Å². The monoisotopic (exact) mass is 381 g/mol. The van der Waals surface area contributed by atoms with Crippen LogP contribution in [0.2, 0.25) is 0 Å². The molecule has 1 amide bonds. The van der Waals surface area contributed by atoms with Crippen molar-refractivity contribution in [3.8, 4) is 5.75 Å². The molecule has 1 aromatic carbocycles. The van der Waals surface area contributed by atoms with Gasteiger partial charge < -0.3 is 14.4 Å².